The van der Waals surface area contributed by atoms with Gasteiger partial charge in [0.15, 0.2) is 6.10 Å². The second-order valence-corrected chi connectivity index (χ2v) is 5.28. The zero-order valence-electron chi connectivity index (χ0n) is 11.5. The van der Waals surface area contributed by atoms with E-state index in [0.29, 0.717) is 0 Å². The predicted octanol–water partition coefficient (Wildman–Crippen LogP) is 2.31. The van der Waals surface area contributed by atoms with Crippen molar-refractivity contribution in [1.82, 2.24) is 4.90 Å². The molecule has 0 saturated carbocycles. The smallest absolute Gasteiger partial charge is 0.414 e. The number of alkyl halides is 3. The van der Waals surface area contributed by atoms with Crippen LogP contribution in [0.1, 0.15) is 23.2 Å². The van der Waals surface area contributed by atoms with Gasteiger partial charge in [0.25, 0.3) is 5.91 Å². The maximum absolute atomic E-state index is 13.6. The van der Waals surface area contributed by atoms with Gasteiger partial charge in [-0.2, -0.15) is 13.2 Å². The molecule has 1 atom stereocenters. The number of amides is 1. The third-order valence-corrected chi connectivity index (χ3v) is 3.79. The Morgan fingerprint density at radius 1 is 1.27 bits per heavy atom. The van der Waals surface area contributed by atoms with Crippen molar-refractivity contribution >= 4 is 5.91 Å². The van der Waals surface area contributed by atoms with E-state index in [-0.39, 0.29) is 37.2 Å². The summed E-state index contributed by atoms with van der Waals surface area (Å²) in [5.41, 5.74) is -0.243. The van der Waals surface area contributed by atoms with Crippen molar-refractivity contribution in [3.8, 4) is 5.75 Å². The molecule has 1 aliphatic heterocycles. The summed E-state index contributed by atoms with van der Waals surface area (Å²) in [7, 11) is 0. The molecule has 0 radical (unpaired) electrons. The Morgan fingerprint density at radius 2 is 1.86 bits per heavy atom. The maximum atomic E-state index is 13.6. The minimum absolute atomic E-state index is 0.00782. The van der Waals surface area contributed by atoms with Gasteiger partial charge in [0.2, 0.25) is 0 Å². The molecule has 1 aromatic carbocycles. The Bertz CT molecular complexity index is 554. The molecule has 2 N–H and O–H groups in total. The number of rotatable bonds is 2. The van der Waals surface area contributed by atoms with Gasteiger partial charge < -0.3 is 15.1 Å². The quantitative estimate of drug-likeness (QED) is 0.822. The Hall–Kier alpha value is -1.83. The molecule has 1 saturated heterocycles. The molecule has 1 fully saturated rings. The molecule has 22 heavy (non-hydrogen) atoms. The number of hydrogen-bond donors (Lipinski definition) is 2. The zero-order chi connectivity index (χ0) is 16.5. The number of likely N-dealkylation sites (tertiary alicyclic amines) is 1. The lowest BCUT2D eigenvalue weighted by molar-refractivity contribution is -0.222. The van der Waals surface area contributed by atoms with E-state index in [1.807, 2.05) is 0 Å². The summed E-state index contributed by atoms with van der Waals surface area (Å²) in [4.78, 5) is 13.4. The average molecular weight is 321 g/mol. The maximum Gasteiger partial charge on any atom is 0.414 e. The van der Waals surface area contributed by atoms with Crippen molar-refractivity contribution in [2.75, 3.05) is 13.1 Å². The van der Waals surface area contributed by atoms with Crippen LogP contribution in [0.4, 0.5) is 17.6 Å². The van der Waals surface area contributed by atoms with E-state index in [0.717, 1.165) is 18.2 Å². The lowest BCUT2D eigenvalue weighted by Gasteiger charge is -2.34. The molecule has 2 rings (SSSR count). The molecule has 0 aliphatic carbocycles. The highest BCUT2D eigenvalue weighted by molar-refractivity contribution is 5.94. The number of piperidine rings is 1. The number of hydrogen-bond acceptors (Lipinski definition) is 3. The lowest BCUT2D eigenvalue weighted by Crippen LogP contribution is -2.45. The van der Waals surface area contributed by atoms with Gasteiger partial charge in [-0.25, -0.2) is 4.39 Å². The van der Waals surface area contributed by atoms with Gasteiger partial charge in [-0.05, 0) is 30.9 Å². The van der Waals surface area contributed by atoms with Crippen LogP contribution in [0.25, 0.3) is 0 Å². The number of nitrogens with zero attached hydrogens (tertiary/aromatic N) is 1. The Labute approximate surface area is 124 Å². The van der Waals surface area contributed by atoms with Gasteiger partial charge in [0.1, 0.15) is 11.6 Å². The van der Waals surface area contributed by atoms with Gasteiger partial charge in [0, 0.05) is 19.2 Å². The Morgan fingerprint density at radius 3 is 2.36 bits per heavy atom. The number of phenols is 1. The number of aromatic hydroxyl groups is 1. The fourth-order valence-electron chi connectivity index (χ4n) is 2.53. The van der Waals surface area contributed by atoms with Gasteiger partial charge in [-0.3, -0.25) is 4.79 Å². The van der Waals surface area contributed by atoms with E-state index in [9.17, 15) is 27.5 Å². The summed E-state index contributed by atoms with van der Waals surface area (Å²) < 4.78 is 50.9. The third-order valence-electron chi connectivity index (χ3n) is 3.79. The molecule has 0 aromatic heterocycles. The fourth-order valence-corrected chi connectivity index (χ4v) is 2.53. The summed E-state index contributed by atoms with van der Waals surface area (Å²) in [5.74, 6) is -2.81. The summed E-state index contributed by atoms with van der Waals surface area (Å²) in [6, 6.07) is 3.09. The molecular weight excluding hydrogens is 306 g/mol. The molecule has 1 amide bonds. The van der Waals surface area contributed by atoms with E-state index < -0.39 is 29.9 Å². The first-order valence-corrected chi connectivity index (χ1v) is 6.72. The lowest BCUT2D eigenvalue weighted by atomic mass is 9.90. The predicted molar refractivity (Wildman–Crippen MR) is 68.8 cm³/mol. The van der Waals surface area contributed by atoms with E-state index in [4.69, 9.17) is 5.11 Å². The number of aliphatic hydroxyl groups is 1. The summed E-state index contributed by atoms with van der Waals surface area (Å²) in [5, 5.41) is 18.3. The topological polar surface area (TPSA) is 60.8 Å². The van der Waals surface area contributed by atoms with Gasteiger partial charge in [0.05, 0.1) is 5.56 Å². The van der Waals surface area contributed by atoms with Crippen molar-refractivity contribution in [3.05, 3.63) is 29.6 Å². The minimum Gasteiger partial charge on any atom is -0.508 e. The number of phenolic OH excluding ortho intramolecular Hbond substituents is 1. The molecule has 8 heteroatoms. The number of carbonyl (C=O) groups excluding carboxylic acids is 1. The number of carbonyl (C=O) groups is 1. The van der Waals surface area contributed by atoms with E-state index in [1.165, 1.54) is 4.90 Å². The first-order chi connectivity index (χ1) is 10.2. The van der Waals surface area contributed by atoms with Crippen LogP contribution < -0.4 is 0 Å². The first kappa shape index (κ1) is 16.5. The summed E-state index contributed by atoms with van der Waals surface area (Å²) in [6.07, 6.45) is -7.10. The minimum atomic E-state index is -4.68. The number of benzene rings is 1. The molecular formula is C14H15F4NO3. The van der Waals surface area contributed by atoms with Crippen molar-refractivity contribution in [2.45, 2.75) is 25.1 Å². The Kier molecular flexibility index (Phi) is 4.60. The van der Waals surface area contributed by atoms with Crippen LogP contribution in [0.3, 0.4) is 0 Å². The molecule has 1 aromatic rings. The largest absolute Gasteiger partial charge is 0.508 e. The van der Waals surface area contributed by atoms with Gasteiger partial charge in [-0.1, -0.05) is 0 Å². The van der Waals surface area contributed by atoms with E-state index in [1.54, 1.807) is 0 Å². The van der Waals surface area contributed by atoms with E-state index in [2.05, 4.69) is 0 Å². The molecule has 1 unspecified atom stereocenters. The van der Waals surface area contributed by atoms with Crippen molar-refractivity contribution in [1.29, 1.82) is 0 Å². The summed E-state index contributed by atoms with van der Waals surface area (Å²) >= 11 is 0. The monoisotopic (exact) mass is 321 g/mol. The van der Waals surface area contributed by atoms with Gasteiger partial charge in [-0.15, -0.1) is 0 Å². The van der Waals surface area contributed by atoms with Crippen molar-refractivity contribution in [2.24, 2.45) is 5.92 Å². The molecule has 1 aliphatic rings. The molecule has 0 spiro atoms. The van der Waals surface area contributed by atoms with Crippen LogP contribution in [0.15, 0.2) is 18.2 Å². The third kappa shape index (κ3) is 3.49. The van der Waals surface area contributed by atoms with Crippen LogP contribution in [-0.4, -0.2) is 46.4 Å². The van der Waals surface area contributed by atoms with Crippen LogP contribution in [0.2, 0.25) is 0 Å². The molecule has 122 valence electrons. The number of halogens is 4. The second kappa shape index (κ2) is 6.12. The highest BCUT2D eigenvalue weighted by Crippen LogP contribution is 2.32. The number of aliphatic hydroxyl groups excluding tert-OH is 1. The highest BCUT2D eigenvalue weighted by atomic mass is 19.4. The normalized spacial score (nSPS) is 18.3. The molecule has 4 nitrogen and oxygen atoms in total. The SMILES string of the molecule is O=C(c1ccc(O)cc1F)N1CCC(C(O)C(F)(F)F)CC1. The van der Waals surface area contributed by atoms with Crippen molar-refractivity contribution < 1.29 is 32.6 Å². The van der Waals surface area contributed by atoms with E-state index >= 15 is 0 Å². The average Bonchev–Trinajstić information content (AvgIpc) is 2.45. The van der Waals surface area contributed by atoms with Crippen LogP contribution in [0.5, 0.6) is 5.75 Å². The molecule has 0 bridgehead atoms. The van der Waals surface area contributed by atoms with Crippen molar-refractivity contribution in [3.63, 3.8) is 0 Å². The van der Waals surface area contributed by atoms with Gasteiger partial charge >= 0.3 is 6.18 Å². The zero-order valence-corrected chi connectivity index (χ0v) is 11.5. The fraction of sp³-hybridized carbons (Fsp3) is 0.500. The van der Waals surface area contributed by atoms with Crippen LogP contribution >= 0.6 is 0 Å². The highest BCUT2D eigenvalue weighted by Gasteiger charge is 2.44. The molecule has 1 heterocycles. The van der Waals surface area contributed by atoms with Crippen LogP contribution in [0, 0.1) is 11.7 Å². The standard InChI is InChI=1S/C14H15F4NO3/c15-11-7-9(20)1-2-10(11)13(22)19-5-3-8(4-6-19)12(21)14(16,17)18/h1-2,7-8,12,20-21H,3-6H2. The first-order valence-electron chi connectivity index (χ1n) is 6.72. The summed E-state index contributed by atoms with van der Waals surface area (Å²) in [6.45, 7) is 0.0217. The second-order valence-electron chi connectivity index (χ2n) is 5.28. The Balaban J connectivity index is 2.01. The van der Waals surface area contributed by atoms with Crippen LogP contribution in [-0.2, 0) is 0 Å².